The van der Waals surface area contributed by atoms with Crippen molar-refractivity contribution in [2.24, 2.45) is 4.99 Å². The van der Waals surface area contributed by atoms with Crippen molar-refractivity contribution in [1.82, 2.24) is 10.6 Å². The topological polar surface area (TPSA) is 62.7 Å². The Morgan fingerprint density at radius 1 is 1.35 bits per heavy atom. The molecule has 0 aromatic carbocycles. The van der Waals surface area contributed by atoms with E-state index >= 15 is 0 Å². The lowest BCUT2D eigenvalue weighted by Gasteiger charge is -2.17. The van der Waals surface area contributed by atoms with Crippen LogP contribution in [0.2, 0.25) is 0 Å². The Morgan fingerprint density at radius 3 is 2.74 bits per heavy atom. The summed E-state index contributed by atoms with van der Waals surface area (Å²) in [6, 6.07) is 4.68. The Bertz CT molecular complexity index is 500. The largest absolute Gasteiger partial charge is 0.469 e. The lowest BCUT2D eigenvalue weighted by molar-refractivity contribution is -0.140. The van der Waals surface area contributed by atoms with Gasteiger partial charge in [0.2, 0.25) is 0 Å². The first-order chi connectivity index (χ1) is 11.0. The number of guanidine groups is 1. The molecule has 0 aliphatic carbocycles. The predicted molar refractivity (Wildman–Crippen MR) is 97.2 cm³/mol. The van der Waals surface area contributed by atoms with Gasteiger partial charge in [0.05, 0.1) is 7.11 Å². The number of unbranched alkanes of at least 4 members (excludes halogenated alkanes) is 2. The fraction of sp³-hybridized carbons (Fsp3) is 0.647. The van der Waals surface area contributed by atoms with Crippen molar-refractivity contribution in [1.29, 1.82) is 0 Å². The van der Waals surface area contributed by atoms with Crippen LogP contribution in [0.15, 0.2) is 17.1 Å². The van der Waals surface area contributed by atoms with E-state index in [2.05, 4.69) is 46.3 Å². The number of esters is 1. The number of ether oxygens (including phenoxy) is 1. The lowest BCUT2D eigenvalue weighted by Crippen LogP contribution is -2.43. The minimum Gasteiger partial charge on any atom is -0.469 e. The van der Waals surface area contributed by atoms with Gasteiger partial charge in [-0.2, -0.15) is 0 Å². The maximum atomic E-state index is 11.0. The highest BCUT2D eigenvalue weighted by Crippen LogP contribution is 2.16. The van der Waals surface area contributed by atoms with Crippen LogP contribution in [0.3, 0.4) is 0 Å². The van der Waals surface area contributed by atoms with E-state index in [1.807, 2.05) is 11.3 Å². The van der Waals surface area contributed by atoms with Gasteiger partial charge in [-0.1, -0.05) is 6.42 Å². The second kappa shape index (κ2) is 11.0. The van der Waals surface area contributed by atoms with E-state index in [1.165, 1.54) is 16.9 Å². The van der Waals surface area contributed by atoms with Gasteiger partial charge < -0.3 is 15.4 Å². The molecule has 0 aliphatic rings. The smallest absolute Gasteiger partial charge is 0.305 e. The summed E-state index contributed by atoms with van der Waals surface area (Å²) in [5, 5.41) is 6.73. The van der Waals surface area contributed by atoms with Crippen molar-refractivity contribution in [2.45, 2.75) is 52.0 Å². The summed E-state index contributed by atoms with van der Waals surface area (Å²) in [5.41, 5.74) is 0. The van der Waals surface area contributed by atoms with E-state index in [0.717, 1.165) is 38.2 Å². The summed E-state index contributed by atoms with van der Waals surface area (Å²) in [6.07, 6.45) is 4.38. The molecule has 2 N–H and O–H groups in total. The highest BCUT2D eigenvalue weighted by Gasteiger charge is 2.07. The number of methoxy groups -OCH3 is 1. The van der Waals surface area contributed by atoms with Gasteiger partial charge in [0, 0.05) is 42.2 Å². The molecule has 1 heterocycles. The zero-order valence-electron chi connectivity index (χ0n) is 14.6. The number of rotatable bonds is 9. The number of aryl methyl sites for hydroxylation is 1. The highest BCUT2D eigenvalue weighted by molar-refractivity contribution is 7.11. The maximum absolute atomic E-state index is 11.0. The Labute approximate surface area is 143 Å². The van der Waals surface area contributed by atoms with Crippen LogP contribution >= 0.6 is 11.3 Å². The number of hydrogen-bond donors (Lipinski definition) is 2. The zero-order chi connectivity index (χ0) is 17.1. The monoisotopic (exact) mass is 339 g/mol. The molecule has 1 atom stereocenters. The van der Waals surface area contributed by atoms with E-state index in [1.54, 1.807) is 7.05 Å². The summed E-state index contributed by atoms with van der Waals surface area (Å²) >= 11 is 1.84. The average molecular weight is 340 g/mol. The first-order valence-electron chi connectivity index (χ1n) is 8.14. The fourth-order valence-electron chi connectivity index (χ4n) is 2.26. The van der Waals surface area contributed by atoms with Crippen LogP contribution in [0.25, 0.3) is 0 Å². The van der Waals surface area contributed by atoms with Crippen LogP contribution in [-0.2, 0) is 16.0 Å². The molecule has 23 heavy (non-hydrogen) atoms. The Hall–Kier alpha value is -1.56. The molecule has 0 saturated heterocycles. The first kappa shape index (κ1) is 19.5. The number of hydrogen-bond acceptors (Lipinski definition) is 4. The van der Waals surface area contributed by atoms with E-state index in [-0.39, 0.29) is 5.97 Å². The van der Waals surface area contributed by atoms with Crippen LogP contribution in [0, 0.1) is 6.92 Å². The van der Waals surface area contributed by atoms with Crippen LogP contribution in [-0.4, -0.2) is 38.7 Å². The van der Waals surface area contributed by atoms with E-state index < -0.39 is 0 Å². The van der Waals surface area contributed by atoms with Gasteiger partial charge in [0.15, 0.2) is 5.96 Å². The normalized spacial score (nSPS) is 12.8. The number of nitrogens with zero attached hydrogens (tertiary/aromatic N) is 1. The molecule has 0 saturated carbocycles. The second-order valence-electron chi connectivity index (χ2n) is 5.65. The fourth-order valence-corrected chi connectivity index (χ4v) is 3.27. The number of carbonyl (C=O) groups excluding carboxylic acids is 1. The molecule has 0 bridgehead atoms. The third kappa shape index (κ3) is 8.59. The summed E-state index contributed by atoms with van der Waals surface area (Å²) < 4.78 is 4.62. The van der Waals surface area contributed by atoms with Gasteiger partial charge in [-0.25, -0.2) is 0 Å². The van der Waals surface area contributed by atoms with E-state index in [0.29, 0.717) is 12.5 Å². The number of aliphatic imine (C=N–C) groups is 1. The summed E-state index contributed by atoms with van der Waals surface area (Å²) in [7, 11) is 3.22. The van der Waals surface area contributed by atoms with Gasteiger partial charge in [-0.3, -0.25) is 9.79 Å². The first-order valence-corrected chi connectivity index (χ1v) is 8.96. The van der Waals surface area contributed by atoms with E-state index in [4.69, 9.17) is 0 Å². The quantitative estimate of drug-likeness (QED) is 0.314. The molecule has 1 rings (SSSR count). The van der Waals surface area contributed by atoms with Crippen LogP contribution < -0.4 is 10.6 Å². The third-order valence-corrected chi connectivity index (χ3v) is 4.51. The zero-order valence-corrected chi connectivity index (χ0v) is 15.5. The molecule has 0 radical (unpaired) electrons. The minimum atomic E-state index is -0.131. The van der Waals surface area contributed by atoms with Gasteiger partial charge in [0.1, 0.15) is 0 Å². The molecule has 1 aromatic rings. The summed E-state index contributed by atoms with van der Waals surface area (Å²) in [4.78, 5) is 18.0. The molecule has 0 fully saturated rings. The number of carbonyl (C=O) groups is 1. The molecule has 1 unspecified atom stereocenters. The van der Waals surface area contributed by atoms with Crippen molar-refractivity contribution in [3.63, 3.8) is 0 Å². The van der Waals surface area contributed by atoms with Crippen molar-refractivity contribution >= 4 is 23.3 Å². The molecule has 6 heteroatoms. The molecule has 0 spiro atoms. The van der Waals surface area contributed by atoms with Crippen LogP contribution in [0.4, 0.5) is 0 Å². The SMILES string of the molecule is CN=C(NCCCCCC(=O)OC)NC(C)Cc1ccc(C)s1. The van der Waals surface area contributed by atoms with E-state index in [9.17, 15) is 4.79 Å². The van der Waals surface area contributed by atoms with Crippen LogP contribution in [0.5, 0.6) is 0 Å². The van der Waals surface area contributed by atoms with Gasteiger partial charge in [-0.15, -0.1) is 11.3 Å². The van der Waals surface area contributed by atoms with Crippen molar-refractivity contribution in [3.05, 3.63) is 21.9 Å². The molecule has 5 nitrogen and oxygen atoms in total. The third-order valence-electron chi connectivity index (χ3n) is 3.49. The molecule has 0 amide bonds. The lowest BCUT2D eigenvalue weighted by atomic mass is 10.2. The van der Waals surface area contributed by atoms with Crippen molar-refractivity contribution < 1.29 is 9.53 Å². The predicted octanol–water partition coefficient (Wildman–Crippen LogP) is 2.89. The second-order valence-corrected chi connectivity index (χ2v) is 7.02. The summed E-state index contributed by atoms with van der Waals surface area (Å²) in [6.45, 7) is 5.15. The maximum Gasteiger partial charge on any atom is 0.305 e. The standard InChI is InChI=1S/C17H29N3O2S/c1-13(12-15-10-9-14(2)23-15)20-17(18-3)19-11-7-5-6-8-16(21)22-4/h9-10,13H,5-8,11-12H2,1-4H3,(H2,18,19,20). The molecular weight excluding hydrogens is 310 g/mol. The van der Waals surface area contributed by atoms with Gasteiger partial charge in [-0.05, 0) is 38.8 Å². The average Bonchev–Trinajstić information content (AvgIpc) is 2.93. The molecular formula is C17H29N3O2S. The van der Waals surface area contributed by atoms with Crippen molar-refractivity contribution in [3.8, 4) is 0 Å². The number of nitrogens with one attached hydrogen (secondary N) is 2. The Kier molecular flexibility index (Phi) is 9.36. The summed E-state index contributed by atoms with van der Waals surface area (Å²) in [5.74, 6) is 0.701. The Morgan fingerprint density at radius 2 is 2.13 bits per heavy atom. The number of thiophene rings is 1. The van der Waals surface area contributed by atoms with Gasteiger partial charge >= 0.3 is 5.97 Å². The molecule has 130 valence electrons. The Balaban J connectivity index is 2.17. The molecule has 1 aromatic heterocycles. The molecule has 0 aliphatic heterocycles. The minimum absolute atomic E-state index is 0.131. The van der Waals surface area contributed by atoms with Gasteiger partial charge in [0.25, 0.3) is 0 Å². The highest BCUT2D eigenvalue weighted by atomic mass is 32.1. The van der Waals surface area contributed by atoms with Crippen LogP contribution in [0.1, 0.15) is 42.4 Å². The van der Waals surface area contributed by atoms with Crippen molar-refractivity contribution in [2.75, 3.05) is 20.7 Å².